The maximum Gasteiger partial charge on any atom is 0.0533 e. The molecule has 1 nitrogen and oxygen atoms in total. The van der Waals surface area contributed by atoms with Crippen molar-refractivity contribution in [3.63, 3.8) is 0 Å². The van der Waals surface area contributed by atoms with Crippen LogP contribution in [0.25, 0.3) is 43.2 Å². The van der Waals surface area contributed by atoms with Crippen LogP contribution in [0, 0.1) is 0 Å². The van der Waals surface area contributed by atoms with Gasteiger partial charge >= 0.3 is 0 Å². The van der Waals surface area contributed by atoms with Gasteiger partial charge in [-0.1, -0.05) is 60.7 Å². The molecule has 0 aliphatic rings. The molecule has 98 valence electrons. The number of rotatable bonds is 0. The number of hydrogen-bond donors (Lipinski definition) is 1. The Morgan fingerprint density at radius 3 is 2.10 bits per heavy atom. The monoisotopic (exact) mass is 267 g/mol. The van der Waals surface area contributed by atoms with Gasteiger partial charge in [-0.05, 0) is 33.0 Å². The quantitative estimate of drug-likeness (QED) is 0.350. The maximum absolute atomic E-state index is 3.36. The Morgan fingerprint density at radius 1 is 0.476 bits per heavy atom. The van der Waals surface area contributed by atoms with Crippen molar-refractivity contribution >= 4 is 43.2 Å². The smallest absolute Gasteiger partial charge is 0.0533 e. The summed E-state index contributed by atoms with van der Waals surface area (Å²) in [4.78, 5) is 3.36. The van der Waals surface area contributed by atoms with Crippen molar-refractivity contribution in [1.82, 2.24) is 4.98 Å². The largest absolute Gasteiger partial charge is 0.361 e. The van der Waals surface area contributed by atoms with Crippen LogP contribution in [-0.2, 0) is 0 Å². The average molecular weight is 267 g/mol. The van der Waals surface area contributed by atoms with Crippen molar-refractivity contribution in [2.24, 2.45) is 0 Å². The van der Waals surface area contributed by atoms with Gasteiger partial charge in [0, 0.05) is 17.0 Å². The highest BCUT2D eigenvalue weighted by Gasteiger charge is 2.07. The van der Waals surface area contributed by atoms with E-state index in [0.29, 0.717) is 0 Å². The van der Waals surface area contributed by atoms with Crippen LogP contribution >= 0.6 is 0 Å². The molecule has 1 N–H and O–H groups in total. The first kappa shape index (κ1) is 10.9. The van der Waals surface area contributed by atoms with Gasteiger partial charge in [0.15, 0.2) is 0 Å². The first-order valence-corrected chi connectivity index (χ1v) is 7.22. The topological polar surface area (TPSA) is 15.8 Å². The summed E-state index contributed by atoms with van der Waals surface area (Å²) in [7, 11) is 0. The summed E-state index contributed by atoms with van der Waals surface area (Å²) < 4.78 is 0. The molecule has 0 unspecified atom stereocenters. The van der Waals surface area contributed by atoms with E-state index in [0.717, 1.165) is 0 Å². The maximum atomic E-state index is 3.36. The fourth-order valence-electron chi connectivity index (χ4n) is 3.44. The highest BCUT2D eigenvalue weighted by molar-refractivity contribution is 6.21. The molecule has 1 aromatic heterocycles. The number of H-pyrrole nitrogens is 1. The number of hydrogen-bond acceptors (Lipinski definition) is 0. The van der Waals surface area contributed by atoms with Gasteiger partial charge in [0.2, 0.25) is 0 Å². The van der Waals surface area contributed by atoms with E-state index in [1.165, 1.54) is 43.2 Å². The predicted octanol–water partition coefficient (Wildman–Crippen LogP) is 5.63. The molecular weight excluding hydrogens is 254 g/mol. The van der Waals surface area contributed by atoms with Gasteiger partial charge in [-0.25, -0.2) is 0 Å². The van der Waals surface area contributed by atoms with Gasteiger partial charge in [-0.15, -0.1) is 0 Å². The zero-order valence-corrected chi connectivity index (χ0v) is 11.4. The van der Waals surface area contributed by atoms with Crippen LogP contribution < -0.4 is 0 Å². The van der Waals surface area contributed by atoms with E-state index in [2.05, 4.69) is 71.7 Å². The van der Waals surface area contributed by atoms with Crippen LogP contribution in [-0.4, -0.2) is 4.98 Å². The van der Waals surface area contributed by atoms with Crippen LogP contribution in [0.3, 0.4) is 0 Å². The minimum atomic E-state index is 1.22. The summed E-state index contributed by atoms with van der Waals surface area (Å²) >= 11 is 0. The van der Waals surface area contributed by atoms with Crippen molar-refractivity contribution in [1.29, 1.82) is 0 Å². The fourth-order valence-corrected chi connectivity index (χ4v) is 3.44. The van der Waals surface area contributed by atoms with E-state index >= 15 is 0 Å². The molecule has 0 atom stereocenters. The van der Waals surface area contributed by atoms with E-state index in [1.807, 2.05) is 6.20 Å². The summed E-state index contributed by atoms with van der Waals surface area (Å²) in [5.41, 5.74) is 1.22. The minimum Gasteiger partial charge on any atom is -0.361 e. The third-order valence-electron chi connectivity index (χ3n) is 4.45. The van der Waals surface area contributed by atoms with E-state index in [1.54, 1.807) is 0 Å². The van der Waals surface area contributed by atoms with Crippen molar-refractivity contribution in [3.8, 4) is 0 Å². The lowest BCUT2D eigenvalue weighted by Crippen LogP contribution is -1.81. The van der Waals surface area contributed by atoms with E-state index in [4.69, 9.17) is 0 Å². The average Bonchev–Trinajstić information content (AvgIpc) is 3.03. The molecule has 1 heterocycles. The van der Waals surface area contributed by atoms with Crippen molar-refractivity contribution in [3.05, 3.63) is 72.9 Å². The first-order chi connectivity index (χ1) is 10.4. The second-order valence-corrected chi connectivity index (χ2v) is 5.55. The minimum absolute atomic E-state index is 1.22. The summed E-state index contributed by atoms with van der Waals surface area (Å²) in [6.07, 6.45) is 2.01. The normalized spacial score (nSPS) is 11.8. The van der Waals surface area contributed by atoms with Crippen molar-refractivity contribution in [2.45, 2.75) is 0 Å². The lowest BCUT2D eigenvalue weighted by Gasteiger charge is -2.08. The third kappa shape index (κ3) is 1.40. The van der Waals surface area contributed by atoms with E-state index < -0.39 is 0 Å². The summed E-state index contributed by atoms with van der Waals surface area (Å²) in [6.45, 7) is 0. The van der Waals surface area contributed by atoms with Gasteiger partial charge in [0.05, 0.1) is 5.52 Å². The molecule has 0 aliphatic heterocycles. The first-order valence-electron chi connectivity index (χ1n) is 7.22. The Labute approximate surface area is 121 Å². The number of aromatic nitrogens is 1. The summed E-state index contributed by atoms with van der Waals surface area (Å²) in [5.74, 6) is 0. The molecule has 0 aliphatic carbocycles. The standard InChI is InChI=1S/C20H13N/c1-2-4-15-13(3-1)5-7-17-16(15)9-10-19-18(17)8-6-14-11-12-21-20(14)19/h1-12,21H. The van der Waals surface area contributed by atoms with Crippen molar-refractivity contribution < 1.29 is 0 Å². The van der Waals surface area contributed by atoms with Gasteiger partial charge in [0.1, 0.15) is 0 Å². The van der Waals surface area contributed by atoms with Crippen LogP contribution in [0.4, 0.5) is 0 Å². The van der Waals surface area contributed by atoms with Gasteiger partial charge in [0.25, 0.3) is 0 Å². The van der Waals surface area contributed by atoms with Gasteiger partial charge in [-0.2, -0.15) is 0 Å². The molecule has 0 spiro atoms. The molecule has 1 heteroatoms. The van der Waals surface area contributed by atoms with Crippen LogP contribution in [0.5, 0.6) is 0 Å². The zero-order chi connectivity index (χ0) is 13.8. The Hall–Kier alpha value is -2.80. The van der Waals surface area contributed by atoms with Gasteiger partial charge < -0.3 is 4.98 Å². The Morgan fingerprint density at radius 2 is 1.14 bits per heavy atom. The lowest BCUT2D eigenvalue weighted by molar-refractivity contribution is 1.49. The predicted molar refractivity (Wildman–Crippen MR) is 90.8 cm³/mol. The van der Waals surface area contributed by atoms with Crippen molar-refractivity contribution in [2.75, 3.05) is 0 Å². The Kier molecular flexibility index (Phi) is 2.01. The molecule has 21 heavy (non-hydrogen) atoms. The number of nitrogens with one attached hydrogen (secondary N) is 1. The second-order valence-electron chi connectivity index (χ2n) is 5.55. The SMILES string of the molecule is c1ccc2c(c1)ccc1c2ccc2c1ccc1cc[nH]c12. The molecule has 0 amide bonds. The number of benzene rings is 4. The molecule has 0 radical (unpaired) electrons. The third-order valence-corrected chi connectivity index (χ3v) is 4.45. The Bertz CT molecular complexity index is 1130. The zero-order valence-electron chi connectivity index (χ0n) is 11.4. The Balaban J connectivity index is 2.07. The molecule has 5 rings (SSSR count). The van der Waals surface area contributed by atoms with Gasteiger partial charge in [-0.3, -0.25) is 0 Å². The fraction of sp³-hybridized carbons (Fsp3) is 0. The van der Waals surface area contributed by atoms with E-state index in [-0.39, 0.29) is 0 Å². The molecule has 0 fully saturated rings. The molecule has 0 saturated carbocycles. The lowest BCUT2D eigenvalue weighted by atomic mass is 9.96. The highest BCUT2D eigenvalue weighted by Crippen LogP contribution is 2.33. The highest BCUT2D eigenvalue weighted by atomic mass is 14.7. The number of fused-ring (bicyclic) bond motifs is 7. The second kappa shape index (κ2) is 3.86. The summed E-state index contributed by atoms with van der Waals surface area (Å²) in [5, 5.41) is 9.14. The molecular formula is C20H13N. The summed E-state index contributed by atoms with van der Waals surface area (Å²) in [6, 6.07) is 24.1. The van der Waals surface area contributed by atoms with E-state index in [9.17, 15) is 0 Å². The molecule has 0 bridgehead atoms. The van der Waals surface area contributed by atoms with Crippen LogP contribution in [0.15, 0.2) is 72.9 Å². The van der Waals surface area contributed by atoms with Crippen LogP contribution in [0.2, 0.25) is 0 Å². The molecule has 5 aromatic rings. The van der Waals surface area contributed by atoms with Crippen LogP contribution in [0.1, 0.15) is 0 Å². The molecule has 4 aromatic carbocycles. The number of aromatic amines is 1. The molecule has 0 saturated heterocycles.